The molecule has 25 heavy (non-hydrogen) atoms. The zero-order chi connectivity index (χ0) is 17.9. The van der Waals surface area contributed by atoms with E-state index in [0.717, 1.165) is 44.0 Å². The molecular formula is C19H25N3O2S. The molecule has 0 saturated carbocycles. The molecule has 0 amide bonds. The van der Waals surface area contributed by atoms with E-state index in [-0.39, 0.29) is 4.90 Å². The molecule has 0 spiro atoms. The van der Waals surface area contributed by atoms with Crippen LogP contribution in [0.1, 0.15) is 12.5 Å². The Labute approximate surface area is 150 Å². The van der Waals surface area contributed by atoms with Crippen molar-refractivity contribution in [2.75, 3.05) is 42.3 Å². The second-order valence-corrected chi connectivity index (χ2v) is 8.04. The molecule has 5 nitrogen and oxygen atoms in total. The molecule has 0 bridgehead atoms. The van der Waals surface area contributed by atoms with Gasteiger partial charge in [-0.1, -0.05) is 36.8 Å². The lowest BCUT2D eigenvalue weighted by molar-refractivity contribution is 0.271. The summed E-state index contributed by atoms with van der Waals surface area (Å²) in [7, 11) is -3.59. The van der Waals surface area contributed by atoms with Crippen LogP contribution in [0, 0.1) is 6.92 Å². The van der Waals surface area contributed by atoms with Crippen LogP contribution in [0.15, 0.2) is 53.4 Å². The van der Waals surface area contributed by atoms with Gasteiger partial charge < -0.3 is 9.80 Å². The third kappa shape index (κ3) is 4.14. The summed E-state index contributed by atoms with van der Waals surface area (Å²) in [5.41, 5.74) is 2.61. The van der Waals surface area contributed by atoms with E-state index in [2.05, 4.69) is 21.4 Å². The zero-order valence-electron chi connectivity index (χ0n) is 14.8. The molecule has 2 aromatic rings. The molecule has 1 saturated heterocycles. The number of piperazine rings is 1. The molecule has 6 heteroatoms. The van der Waals surface area contributed by atoms with E-state index in [1.54, 1.807) is 12.1 Å². The molecule has 0 unspecified atom stereocenters. The summed E-state index contributed by atoms with van der Waals surface area (Å²) < 4.78 is 28.2. The second-order valence-electron chi connectivity index (χ2n) is 6.36. The number of nitrogens with zero attached hydrogens (tertiary/aromatic N) is 2. The number of benzene rings is 2. The van der Waals surface area contributed by atoms with E-state index in [1.807, 2.05) is 43.3 Å². The molecule has 0 aliphatic carbocycles. The largest absolute Gasteiger partial charge is 0.367 e. The van der Waals surface area contributed by atoms with E-state index in [1.165, 1.54) is 0 Å². The van der Waals surface area contributed by atoms with Gasteiger partial charge in [0.05, 0.1) is 16.3 Å². The number of hydrogen-bond acceptors (Lipinski definition) is 4. The van der Waals surface area contributed by atoms with Crippen LogP contribution in [0.25, 0.3) is 0 Å². The number of nitrogens with one attached hydrogen (secondary N) is 1. The number of anilines is 2. The number of hydrogen-bond donors (Lipinski definition) is 1. The summed E-state index contributed by atoms with van der Waals surface area (Å²) in [4.78, 5) is 4.93. The van der Waals surface area contributed by atoms with Gasteiger partial charge in [-0.15, -0.1) is 0 Å². The first kappa shape index (κ1) is 17.8. The van der Waals surface area contributed by atoms with Gasteiger partial charge in [-0.05, 0) is 37.7 Å². The lowest BCUT2D eigenvalue weighted by Crippen LogP contribution is -2.46. The van der Waals surface area contributed by atoms with Crippen molar-refractivity contribution in [1.29, 1.82) is 0 Å². The predicted octanol–water partition coefficient (Wildman–Crippen LogP) is 2.94. The molecular weight excluding hydrogens is 334 g/mol. The molecule has 1 aliphatic heterocycles. The van der Waals surface area contributed by atoms with Crippen LogP contribution in [0.2, 0.25) is 0 Å². The van der Waals surface area contributed by atoms with Gasteiger partial charge in [0.1, 0.15) is 0 Å². The molecule has 134 valence electrons. The Kier molecular flexibility index (Phi) is 5.30. The first-order chi connectivity index (χ1) is 12.0. The average Bonchev–Trinajstić information content (AvgIpc) is 2.62. The quantitative estimate of drug-likeness (QED) is 0.892. The Balaban J connectivity index is 1.82. The van der Waals surface area contributed by atoms with Gasteiger partial charge in [0.25, 0.3) is 10.0 Å². The van der Waals surface area contributed by atoms with Gasteiger partial charge >= 0.3 is 0 Å². The summed E-state index contributed by atoms with van der Waals surface area (Å²) in [5, 5.41) is 0. The van der Waals surface area contributed by atoms with E-state index >= 15 is 0 Å². The Hall–Kier alpha value is -2.05. The first-order valence-corrected chi connectivity index (χ1v) is 10.1. The fourth-order valence-electron chi connectivity index (χ4n) is 3.06. The van der Waals surface area contributed by atoms with Gasteiger partial charge in [-0.2, -0.15) is 0 Å². The van der Waals surface area contributed by atoms with Crippen molar-refractivity contribution >= 4 is 21.4 Å². The van der Waals surface area contributed by atoms with Crippen molar-refractivity contribution < 1.29 is 8.42 Å². The monoisotopic (exact) mass is 359 g/mol. The minimum Gasteiger partial charge on any atom is -0.367 e. The van der Waals surface area contributed by atoms with E-state index in [9.17, 15) is 8.42 Å². The average molecular weight is 359 g/mol. The summed E-state index contributed by atoms with van der Waals surface area (Å²) in [6.07, 6.45) is 0. The summed E-state index contributed by atoms with van der Waals surface area (Å²) in [6.45, 7) is 8.95. The molecule has 1 N–H and O–H groups in total. The summed E-state index contributed by atoms with van der Waals surface area (Å²) in [6, 6.07) is 14.5. The maximum atomic E-state index is 12.7. The SMILES string of the molecule is CCN1CCN(c2ccccc2NS(=O)(=O)c2ccc(C)cc2)CC1. The number of rotatable bonds is 5. The number of para-hydroxylation sites is 2. The molecule has 1 aliphatic rings. The topological polar surface area (TPSA) is 52.6 Å². The van der Waals surface area contributed by atoms with Crippen molar-refractivity contribution in [3.05, 3.63) is 54.1 Å². The lowest BCUT2D eigenvalue weighted by atomic mass is 10.2. The predicted molar refractivity (Wildman–Crippen MR) is 103 cm³/mol. The maximum Gasteiger partial charge on any atom is 0.261 e. The van der Waals surface area contributed by atoms with Gasteiger partial charge in [0.2, 0.25) is 0 Å². The van der Waals surface area contributed by atoms with Crippen LogP contribution in [0.3, 0.4) is 0 Å². The zero-order valence-corrected chi connectivity index (χ0v) is 15.6. The molecule has 2 aromatic carbocycles. The number of sulfonamides is 1. The van der Waals surface area contributed by atoms with Crippen LogP contribution >= 0.6 is 0 Å². The molecule has 0 aromatic heterocycles. The fourth-order valence-corrected chi connectivity index (χ4v) is 4.14. The van der Waals surface area contributed by atoms with Crippen LogP contribution in [0.5, 0.6) is 0 Å². The van der Waals surface area contributed by atoms with Crippen molar-refractivity contribution in [2.24, 2.45) is 0 Å². The minimum atomic E-state index is -3.59. The van der Waals surface area contributed by atoms with Crippen molar-refractivity contribution in [1.82, 2.24) is 4.90 Å². The van der Waals surface area contributed by atoms with Crippen LogP contribution < -0.4 is 9.62 Å². The molecule has 3 rings (SSSR count). The highest BCUT2D eigenvalue weighted by Crippen LogP contribution is 2.28. The fraction of sp³-hybridized carbons (Fsp3) is 0.368. The molecule has 0 atom stereocenters. The van der Waals surface area contributed by atoms with Crippen LogP contribution in [-0.4, -0.2) is 46.0 Å². The maximum absolute atomic E-state index is 12.7. The van der Waals surface area contributed by atoms with Crippen molar-refractivity contribution in [3.8, 4) is 0 Å². The number of aryl methyl sites for hydroxylation is 1. The molecule has 0 radical (unpaired) electrons. The summed E-state index contributed by atoms with van der Waals surface area (Å²) >= 11 is 0. The molecule has 1 fully saturated rings. The van der Waals surface area contributed by atoms with Gasteiger partial charge in [0, 0.05) is 26.2 Å². The van der Waals surface area contributed by atoms with Crippen LogP contribution in [-0.2, 0) is 10.0 Å². The van der Waals surface area contributed by atoms with E-state index in [4.69, 9.17) is 0 Å². The first-order valence-electron chi connectivity index (χ1n) is 8.65. The second kappa shape index (κ2) is 7.45. The molecule has 1 heterocycles. The Morgan fingerprint density at radius 1 is 0.960 bits per heavy atom. The third-order valence-corrected chi connectivity index (χ3v) is 6.02. The van der Waals surface area contributed by atoms with Crippen molar-refractivity contribution in [2.45, 2.75) is 18.7 Å². The highest BCUT2D eigenvalue weighted by molar-refractivity contribution is 7.92. The standard InChI is InChI=1S/C19H25N3O2S/c1-3-21-12-14-22(15-13-21)19-7-5-4-6-18(19)20-25(23,24)17-10-8-16(2)9-11-17/h4-11,20H,3,12-15H2,1-2H3. The highest BCUT2D eigenvalue weighted by atomic mass is 32.2. The minimum absolute atomic E-state index is 0.281. The Morgan fingerprint density at radius 2 is 1.60 bits per heavy atom. The van der Waals surface area contributed by atoms with Gasteiger partial charge in [-0.25, -0.2) is 8.42 Å². The van der Waals surface area contributed by atoms with Crippen LogP contribution in [0.4, 0.5) is 11.4 Å². The Morgan fingerprint density at radius 3 is 2.24 bits per heavy atom. The van der Waals surface area contributed by atoms with Crippen molar-refractivity contribution in [3.63, 3.8) is 0 Å². The lowest BCUT2D eigenvalue weighted by Gasteiger charge is -2.36. The Bertz CT molecular complexity index is 811. The van der Waals surface area contributed by atoms with Gasteiger partial charge in [0.15, 0.2) is 0 Å². The van der Waals surface area contributed by atoms with E-state index < -0.39 is 10.0 Å². The highest BCUT2D eigenvalue weighted by Gasteiger charge is 2.21. The smallest absolute Gasteiger partial charge is 0.261 e. The van der Waals surface area contributed by atoms with E-state index in [0.29, 0.717) is 5.69 Å². The summed E-state index contributed by atoms with van der Waals surface area (Å²) in [5.74, 6) is 0. The van der Waals surface area contributed by atoms with Gasteiger partial charge in [-0.3, -0.25) is 4.72 Å². The third-order valence-electron chi connectivity index (χ3n) is 4.64. The normalized spacial score (nSPS) is 16.0. The number of likely N-dealkylation sites (N-methyl/N-ethyl adjacent to an activating group) is 1.